The molecule has 21 heavy (non-hydrogen) atoms. The number of aromatic nitrogens is 1. The Kier molecular flexibility index (Phi) is 4.36. The van der Waals surface area contributed by atoms with Gasteiger partial charge >= 0.3 is 5.97 Å². The number of hydrogen-bond acceptors (Lipinski definition) is 4. The molecule has 0 atom stereocenters. The molecule has 0 radical (unpaired) electrons. The van der Waals surface area contributed by atoms with E-state index in [-0.39, 0.29) is 26.3 Å². The Morgan fingerprint density at radius 1 is 1.19 bits per heavy atom. The summed E-state index contributed by atoms with van der Waals surface area (Å²) in [5.74, 6) is -1.38. The third-order valence-corrected chi connectivity index (χ3v) is 4.44. The van der Waals surface area contributed by atoms with E-state index in [0.29, 0.717) is 0 Å². The van der Waals surface area contributed by atoms with Crippen molar-refractivity contribution in [3.05, 3.63) is 52.1 Å². The molecular weight excluding hydrogens is 339 g/mol. The molecule has 1 heterocycles. The minimum Gasteiger partial charge on any atom is -0.478 e. The van der Waals surface area contributed by atoms with Crippen LogP contribution >= 0.6 is 23.2 Å². The van der Waals surface area contributed by atoms with E-state index in [1.165, 1.54) is 24.4 Å². The third-order valence-electron chi connectivity index (χ3n) is 2.47. The van der Waals surface area contributed by atoms with Gasteiger partial charge in [0.05, 0.1) is 20.5 Å². The molecular formula is C12H8Cl2N2O4S. The number of rotatable bonds is 4. The molecule has 0 saturated heterocycles. The van der Waals surface area contributed by atoms with E-state index < -0.39 is 16.0 Å². The van der Waals surface area contributed by atoms with Crippen LogP contribution in [0.25, 0.3) is 0 Å². The lowest BCUT2D eigenvalue weighted by Gasteiger charge is -2.09. The van der Waals surface area contributed by atoms with Gasteiger partial charge in [-0.05, 0) is 30.3 Å². The highest BCUT2D eigenvalue weighted by atomic mass is 35.5. The number of carboxylic acid groups (broad SMARTS) is 1. The number of halogens is 2. The molecule has 1 aromatic heterocycles. The lowest BCUT2D eigenvalue weighted by molar-refractivity contribution is 0.0697. The van der Waals surface area contributed by atoms with Crippen LogP contribution in [0.5, 0.6) is 0 Å². The summed E-state index contributed by atoms with van der Waals surface area (Å²) in [6, 6.07) is 6.36. The Hall–Kier alpha value is -1.83. The smallest absolute Gasteiger partial charge is 0.337 e. The predicted molar refractivity (Wildman–Crippen MR) is 78.5 cm³/mol. The van der Waals surface area contributed by atoms with Gasteiger partial charge in [-0.15, -0.1) is 0 Å². The van der Waals surface area contributed by atoms with Crippen LogP contribution in [0.2, 0.25) is 10.0 Å². The van der Waals surface area contributed by atoms with Crippen molar-refractivity contribution in [2.45, 2.75) is 4.90 Å². The zero-order valence-corrected chi connectivity index (χ0v) is 12.6. The summed E-state index contributed by atoms with van der Waals surface area (Å²) in [4.78, 5) is 14.5. The molecule has 0 saturated carbocycles. The molecule has 0 fully saturated rings. The predicted octanol–water partition coefficient (Wildman–Crippen LogP) is 2.89. The van der Waals surface area contributed by atoms with Crippen LogP contribution in [0.3, 0.4) is 0 Å². The van der Waals surface area contributed by atoms with Crippen LogP contribution < -0.4 is 4.72 Å². The Morgan fingerprint density at radius 3 is 2.52 bits per heavy atom. The maximum atomic E-state index is 12.2. The van der Waals surface area contributed by atoms with Crippen LogP contribution in [0.15, 0.2) is 41.4 Å². The Bertz CT molecular complexity index is 809. The van der Waals surface area contributed by atoms with E-state index in [2.05, 4.69) is 9.71 Å². The average Bonchev–Trinajstić information content (AvgIpc) is 2.41. The minimum atomic E-state index is -4.03. The number of nitrogens with one attached hydrogen (secondary N) is 1. The van der Waals surface area contributed by atoms with Gasteiger partial charge in [0.15, 0.2) is 5.82 Å². The first kappa shape index (κ1) is 15.6. The van der Waals surface area contributed by atoms with Crippen molar-refractivity contribution in [2.75, 3.05) is 4.72 Å². The van der Waals surface area contributed by atoms with E-state index in [1.54, 1.807) is 6.07 Å². The first-order chi connectivity index (χ1) is 9.81. The summed E-state index contributed by atoms with van der Waals surface area (Å²) >= 11 is 11.5. The van der Waals surface area contributed by atoms with Crippen molar-refractivity contribution < 1.29 is 18.3 Å². The fourth-order valence-corrected chi connectivity index (χ4v) is 2.96. The molecule has 0 aliphatic rings. The van der Waals surface area contributed by atoms with Crippen molar-refractivity contribution in [3.8, 4) is 0 Å². The summed E-state index contributed by atoms with van der Waals surface area (Å²) in [6.07, 6.45) is 1.37. The second-order valence-corrected chi connectivity index (χ2v) is 6.38. The van der Waals surface area contributed by atoms with Crippen LogP contribution in [0, 0.1) is 0 Å². The van der Waals surface area contributed by atoms with Gasteiger partial charge in [0.1, 0.15) is 0 Å². The maximum Gasteiger partial charge on any atom is 0.337 e. The quantitative estimate of drug-likeness (QED) is 0.887. The summed E-state index contributed by atoms with van der Waals surface area (Å²) in [5, 5.41) is 9.02. The van der Waals surface area contributed by atoms with Crippen molar-refractivity contribution in [1.29, 1.82) is 0 Å². The Morgan fingerprint density at radius 2 is 1.90 bits per heavy atom. The summed E-state index contributed by atoms with van der Waals surface area (Å²) < 4.78 is 26.6. The third kappa shape index (κ3) is 3.44. The van der Waals surface area contributed by atoms with Crippen molar-refractivity contribution in [2.24, 2.45) is 0 Å². The number of carbonyl (C=O) groups is 1. The van der Waals surface area contributed by atoms with Gasteiger partial charge in [-0.3, -0.25) is 4.72 Å². The van der Waals surface area contributed by atoms with Gasteiger partial charge in [0, 0.05) is 6.20 Å². The van der Waals surface area contributed by atoms with Crippen LogP contribution in [-0.2, 0) is 10.0 Å². The highest BCUT2D eigenvalue weighted by molar-refractivity contribution is 7.92. The monoisotopic (exact) mass is 346 g/mol. The normalized spacial score (nSPS) is 11.1. The number of sulfonamides is 1. The lowest BCUT2D eigenvalue weighted by atomic mass is 10.2. The van der Waals surface area contributed by atoms with Gasteiger partial charge in [0.25, 0.3) is 10.0 Å². The van der Waals surface area contributed by atoms with Crippen LogP contribution in [-0.4, -0.2) is 24.5 Å². The van der Waals surface area contributed by atoms with E-state index in [9.17, 15) is 13.2 Å². The highest BCUT2D eigenvalue weighted by Gasteiger charge is 2.19. The largest absolute Gasteiger partial charge is 0.478 e. The fraction of sp³-hybridized carbons (Fsp3) is 0. The van der Waals surface area contributed by atoms with Crippen molar-refractivity contribution in [3.63, 3.8) is 0 Å². The van der Waals surface area contributed by atoms with Crippen LogP contribution in [0.4, 0.5) is 5.82 Å². The number of pyridine rings is 1. The Labute approximate surface area is 130 Å². The van der Waals surface area contributed by atoms with Gasteiger partial charge in [-0.25, -0.2) is 18.2 Å². The van der Waals surface area contributed by atoms with Crippen molar-refractivity contribution >= 4 is 45.0 Å². The van der Waals surface area contributed by atoms with Crippen LogP contribution in [0.1, 0.15) is 10.4 Å². The summed E-state index contributed by atoms with van der Waals surface area (Å²) in [7, 11) is -4.03. The number of carboxylic acids is 1. The molecule has 1 aromatic carbocycles. The standard InChI is InChI=1S/C12H8Cl2N2O4S/c13-9-4-3-7(6-8(9)12(17)18)21(19,20)16-11-10(14)2-1-5-15-11/h1-6H,(H,15,16)(H,17,18). The molecule has 6 nitrogen and oxygen atoms in total. The van der Waals surface area contributed by atoms with Gasteiger partial charge < -0.3 is 5.11 Å². The van der Waals surface area contributed by atoms with Gasteiger partial charge in [0.2, 0.25) is 0 Å². The van der Waals surface area contributed by atoms with E-state index in [4.69, 9.17) is 28.3 Å². The number of nitrogens with zero attached hydrogens (tertiary/aromatic N) is 1. The zero-order valence-electron chi connectivity index (χ0n) is 10.2. The summed E-state index contributed by atoms with van der Waals surface area (Å²) in [6.45, 7) is 0. The molecule has 0 aliphatic carbocycles. The molecule has 0 aliphatic heterocycles. The first-order valence-corrected chi connectivity index (χ1v) is 7.71. The van der Waals surface area contributed by atoms with Gasteiger partial charge in [-0.2, -0.15) is 0 Å². The van der Waals surface area contributed by atoms with E-state index in [0.717, 1.165) is 6.07 Å². The Balaban J connectivity index is 2.43. The number of hydrogen-bond donors (Lipinski definition) is 2. The van der Waals surface area contributed by atoms with E-state index in [1.807, 2.05) is 0 Å². The minimum absolute atomic E-state index is 0.0500. The fourth-order valence-electron chi connectivity index (χ4n) is 1.48. The molecule has 2 N–H and O–H groups in total. The number of anilines is 1. The topological polar surface area (TPSA) is 96.4 Å². The molecule has 110 valence electrons. The average molecular weight is 347 g/mol. The first-order valence-electron chi connectivity index (χ1n) is 5.47. The molecule has 2 rings (SSSR count). The molecule has 2 aromatic rings. The lowest BCUT2D eigenvalue weighted by Crippen LogP contribution is -2.15. The van der Waals surface area contributed by atoms with E-state index >= 15 is 0 Å². The molecule has 0 spiro atoms. The second-order valence-electron chi connectivity index (χ2n) is 3.89. The maximum absolute atomic E-state index is 12.2. The zero-order chi connectivity index (χ0) is 15.6. The highest BCUT2D eigenvalue weighted by Crippen LogP contribution is 2.24. The second kappa shape index (κ2) is 5.88. The molecule has 0 unspecified atom stereocenters. The SMILES string of the molecule is O=C(O)c1cc(S(=O)(=O)Nc2ncccc2Cl)ccc1Cl. The summed E-state index contributed by atoms with van der Waals surface area (Å²) in [5.41, 5.74) is -0.313. The molecule has 9 heteroatoms. The molecule has 0 bridgehead atoms. The van der Waals surface area contributed by atoms with Crippen molar-refractivity contribution in [1.82, 2.24) is 4.98 Å². The number of benzene rings is 1. The van der Waals surface area contributed by atoms with Gasteiger partial charge in [-0.1, -0.05) is 23.2 Å². The number of aromatic carboxylic acids is 1. The molecule has 0 amide bonds.